The Balaban J connectivity index is 2.38. The molecule has 0 fully saturated rings. The van der Waals surface area contributed by atoms with Gasteiger partial charge in [-0.15, -0.1) is 0 Å². The van der Waals surface area contributed by atoms with Crippen LogP contribution >= 0.6 is 11.6 Å². The number of H-pyrrole nitrogens is 1. The number of anilines is 1. The molecule has 2 aromatic heterocycles. The van der Waals surface area contributed by atoms with Crippen LogP contribution in [0.4, 0.5) is 5.69 Å². The van der Waals surface area contributed by atoms with Crippen molar-refractivity contribution in [1.82, 2.24) is 20.2 Å². The maximum Gasteiger partial charge on any atom is 0.223 e. The van der Waals surface area contributed by atoms with Crippen molar-refractivity contribution in [2.75, 3.05) is 5.73 Å². The van der Waals surface area contributed by atoms with Crippen LogP contribution < -0.4 is 5.73 Å². The third-order valence-corrected chi connectivity index (χ3v) is 2.63. The Morgan fingerprint density at radius 2 is 2.12 bits per heavy atom. The van der Waals surface area contributed by atoms with Crippen LogP contribution in [0.2, 0.25) is 5.28 Å². The molecule has 6 heteroatoms. The van der Waals surface area contributed by atoms with Crippen LogP contribution in [0.5, 0.6) is 0 Å². The van der Waals surface area contributed by atoms with E-state index in [1.165, 1.54) is 0 Å². The summed E-state index contributed by atoms with van der Waals surface area (Å²) < 4.78 is 0. The minimum absolute atomic E-state index is 0.194. The van der Waals surface area contributed by atoms with Crippen molar-refractivity contribution in [2.45, 2.75) is 0 Å². The number of nitrogens with two attached hydrogens (primary N) is 1. The van der Waals surface area contributed by atoms with Gasteiger partial charge in [-0.25, -0.2) is 9.97 Å². The van der Waals surface area contributed by atoms with E-state index < -0.39 is 0 Å². The van der Waals surface area contributed by atoms with Gasteiger partial charge in [-0.3, -0.25) is 5.10 Å². The quantitative estimate of drug-likeness (QED) is 0.509. The van der Waals surface area contributed by atoms with Crippen molar-refractivity contribution in [1.29, 1.82) is 0 Å². The van der Waals surface area contributed by atoms with Crippen molar-refractivity contribution in [3.8, 4) is 11.3 Å². The highest BCUT2D eigenvalue weighted by Crippen LogP contribution is 2.27. The number of fused-ring (bicyclic) bond motifs is 1. The normalized spacial score (nSPS) is 10.9. The number of halogens is 1. The molecule has 84 valence electrons. The average Bonchev–Trinajstić information content (AvgIpc) is 2.80. The van der Waals surface area contributed by atoms with Gasteiger partial charge < -0.3 is 5.73 Å². The summed E-state index contributed by atoms with van der Waals surface area (Å²) in [5.74, 6) is 0. The largest absolute Gasteiger partial charge is 0.399 e. The first-order valence-electron chi connectivity index (χ1n) is 4.96. The van der Waals surface area contributed by atoms with E-state index in [0.717, 1.165) is 22.2 Å². The maximum absolute atomic E-state index is 5.90. The number of benzene rings is 1. The van der Waals surface area contributed by atoms with Crippen LogP contribution in [-0.4, -0.2) is 20.2 Å². The van der Waals surface area contributed by atoms with Crippen LogP contribution in [0.3, 0.4) is 0 Å². The number of rotatable bonds is 1. The monoisotopic (exact) mass is 245 g/mol. The zero-order valence-electron chi connectivity index (χ0n) is 8.68. The molecule has 0 aliphatic rings. The van der Waals surface area contributed by atoms with Gasteiger partial charge >= 0.3 is 0 Å². The van der Waals surface area contributed by atoms with Crippen LogP contribution in [-0.2, 0) is 0 Å². The van der Waals surface area contributed by atoms with E-state index in [1.807, 2.05) is 12.1 Å². The first kappa shape index (κ1) is 10.0. The highest BCUT2D eigenvalue weighted by atomic mass is 35.5. The lowest BCUT2D eigenvalue weighted by Crippen LogP contribution is -1.92. The van der Waals surface area contributed by atoms with Crippen molar-refractivity contribution in [3.63, 3.8) is 0 Å². The van der Waals surface area contributed by atoms with Crippen LogP contribution in [0, 0.1) is 0 Å². The van der Waals surface area contributed by atoms with E-state index in [9.17, 15) is 0 Å². The van der Waals surface area contributed by atoms with Crippen LogP contribution in [0.15, 0.2) is 30.6 Å². The van der Waals surface area contributed by atoms with E-state index in [2.05, 4.69) is 20.2 Å². The van der Waals surface area contributed by atoms with Crippen molar-refractivity contribution in [3.05, 3.63) is 35.9 Å². The second-order valence-electron chi connectivity index (χ2n) is 3.60. The molecule has 0 aliphatic heterocycles. The molecular weight excluding hydrogens is 238 g/mol. The molecule has 17 heavy (non-hydrogen) atoms. The fourth-order valence-electron chi connectivity index (χ4n) is 1.72. The summed E-state index contributed by atoms with van der Waals surface area (Å²) in [4.78, 5) is 8.38. The molecule has 0 atom stereocenters. The lowest BCUT2D eigenvalue weighted by atomic mass is 10.1. The van der Waals surface area contributed by atoms with Gasteiger partial charge in [0.15, 0.2) is 0 Å². The predicted octanol–water partition coefficient (Wildman–Crippen LogP) is 2.26. The topological polar surface area (TPSA) is 80.5 Å². The molecule has 0 amide bonds. The Kier molecular flexibility index (Phi) is 2.19. The molecule has 1 aromatic carbocycles. The first-order chi connectivity index (χ1) is 8.24. The van der Waals surface area contributed by atoms with Crippen LogP contribution in [0.25, 0.3) is 22.2 Å². The molecule has 3 aromatic rings. The molecule has 3 N–H and O–H groups in total. The van der Waals surface area contributed by atoms with Gasteiger partial charge in [-0.05, 0) is 29.8 Å². The van der Waals surface area contributed by atoms with Gasteiger partial charge in [-0.2, -0.15) is 5.10 Å². The van der Waals surface area contributed by atoms with E-state index >= 15 is 0 Å². The van der Waals surface area contributed by atoms with Gasteiger partial charge in [0, 0.05) is 22.8 Å². The SMILES string of the molecule is Nc1ccc2c(-c3cn[nH]c3)nc(Cl)nc2c1. The predicted molar refractivity (Wildman–Crippen MR) is 66.5 cm³/mol. The Morgan fingerprint density at radius 3 is 2.88 bits per heavy atom. The zero-order valence-corrected chi connectivity index (χ0v) is 9.44. The average molecular weight is 246 g/mol. The van der Waals surface area contributed by atoms with Gasteiger partial charge in [-0.1, -0.05) is 0 Å². The van der Waals surface area contributed by atoms with E-state index in [1.54, 1.807) is 18.5 Å². The third-order valence-electron chi connectivity index (χ3n) is 2.47. The molecule has 0 saturated heterocycles. The van der Waals surface area contributed by atoms with Crippen molar-refractivity contribution in [2.24, 2.45) is 0 Å². The summed E-state index contributed by atoms with van der Waals surface area (Å²) in [6.45, 7) is 0. The van der Waals surface area contributed by atoms with Gasteiger partial charge in [0.05, 0.1) is 17.4 Å². The molecular formula is C11H8ClN5. The Hall–Kier alpha value is -2.14. The fraction of sp³-hybridized carbons (Fsp3) is 0. The summed E-state index contributed by atoms with van der Waals surface area (Å²) >= 11 is 5.90. The summed E-state index contributed by atoms with van der Waals surface area (Å²) in [6.07, 6.45) is 3.45. The van der Waals surface area contributed by atoms with E-state index in [4.69, 9.17) is 17.3 Å². The Labute approximate surface area is 102 Å². The minimum Gasteiger partial charge on any atom is -0.399 e. The molecule has 0 unspecified atom stereocenters. The Bertz CT molecular complexity index is 672. The number of nitrogens with one attached hydrogen (secondary N) is 1. The lowest BCUT2D eigenvalue weighted by molar-refractivity contribution is 1.09. The number of hydrogen-bond acceptors (Lipinski definition) is 4. The van der Waals surface area contributed by atoms with Crippen molar-refractivity contribution >= 4 is 28.2 Å². The molecule has 0 saturated carbocycles. The third kappa shape index (κ3) is 1.70. The fourth-order valence-corrected chi connectivity index (χ4v) is 1.89. The lowest BCUT2D eigenvalue weighted by Gasteiger charge is -2.04. The highest BCUT2D eigenvalue weighted by Gasteiger charge is 2.09. The maximum atomic E-state index is 5.90. The molecule has 5 nitrogen and oxygen atoms in total. The highest BCUT2D eigenvalue weighted by molar-refractivity contribution is 6.28. The summed E-state index contributed by atoms with van der Waals surface area (Å²) in [5.41, 5.74) is 8.70. The molecule has 0 spiro atoms. The Morgan fingerprint density at radius 1 is 1.24 bits per heavy atom. The minimum atomic E-state index is 0.194. The molecule has 0 radical (unpaired) electrons. The van der Waals surface area contributed by atoms with Crippen LogP contribution in [0.1, 0.15) is 0 Å². The number of aromatic amines is 1. The van der Waals surface area contributed by atoms with E-state index in [0.29, 0.717) is 5.69 Å². The van der Waals surface area contributed by atoms with E-state index in [-0.39, 0.29) is 5.28 Å². The molecule has 2 heterocycles. The standard InChI is InChI=1S/C11H8ClN5/c12-11-16-9-3-7(13)1-2-8(9)10(17-11)6-4-14-15-5-6/h1-5H,13H2,(H,14,15). The first-order valence-corrected chi connectivity index (χ1v) is 5.34. The summed E-state index contributed by atoms with van der Waals surface area (Å²) in [5, 5.41) is 7.73. The van der Waals surface area contributed by atoms with Gasteiger partial charge in [0.2, 0.25) is 5.28 Å². The smallest absolute Gasteiger partial charge is 0.223 e. The van der Waals surface area contributed by atoms with Gasteiger partial charge in [0.1, 0.15) is 0 Å². The summed E-state index contributed by atoms with van der Waals surface area (Å²) in [6, 6.07) is 5.46. The number of hydrogen-bond donors (Lipinski definition) is 2. The second-order valence-corrected chi connectivity index (χ2v) is 3.94. The summed E-state index contributed by atoms with van der Waals surface area (Å²) in [7, 11) is 0. The number of aromatic nitrogens is 4. The zero-order chi connectivity index (χ0) is 11.8. The number of nitrogen functional groups attached to an aromatic ring is 1. The number of nitrogens with zero attached hydrogens (tertiary/aromatic N) is 3. The second kappa shape index (κ2) is 3.71. The molecule has 3 rings (SSSR count). The van der Waals surface area contributed by atoms with Gasteiger partial charge in [0.25, 0.3) is 0 Å². The van der Waals surface area contributed by atoms with Crippen molar-refractivity contribution < 1.29 is 0 Å². The molecule has 0 bridgehead atoms. The molecule has 0 aliphatic carbocycles.